The number of hydrogen-bond donors (Lipinski definition) is 15. The highest BCUT2D eigenvalue weighted by molar-refractivity contribution is 5.98. The lowest BCUT2D eigenvalue weighted by Crippen LogP contribution is -2.60. The fraction of sp³-hybridized carbons (Fsp3) is 0.542. The van der Waals surface area contributed by atoms with Gasteiger partial charge in [-0.25, -0.2) is 0 Å². The number of nitrogens with zero attached hydrogens (tertiary/aromatic N) is 1. The summed E-state index contributed by atoms with van der Waals surface area (Å²) in [6.07, 6.45) is 0.950. The fourth-order valence-electron chi connectivity index (χ4n) is 7.43. The van der Waals surface area contributed by atoms with Crippen molar-refractivity contribution in [2.75, 3.05) is 19.6 Å². The van der Waals surface area contributed by atoms with Gasteiger partial charge in [0.1, 0.15) is 53.8 Å². The lowest BCUT2D eigenvalue weighted by Gasteiger charge is -2.28. The van der Waals surface area contributed by atoms with Crippen molar-refractivity contribution in [3.05, 3.63) is 59.7 Å². The molecular formula is C48H75N13O12. The van der Waals surface area contributed by atoms with Gasteiger partial charge in [0.25, 0.3) is 0 Å². The monoisotopic (exact) mass is 1030 g/mol. The minimum atomic E-state index is -1.87. The molecule has 7 atom stereocenters. The molecular weight excluding hydrogens is 951 g/mol. The molecule has 0 saturated carbocycles. The first-order chi connectivity index (χ1) is 34.5. The number of aromatic hydroxyl groups is 2. The van der Waals surface area contributed by atoms with E-state index in [0.29, 0.717) is 49.8 Å². The zero-order valence-electron chi connectivity index (χ0n) is 41.7. The maximum absolute atomic E-state index is 14.3. The van der Waals surface area contributed by atoms with Crippen molar-refractivity contribution >= 4 is 59.2 Å². The van der Waals surface area contributed by atoms with Crippen molar-refractivity contribution in [1.82, 2.24) is 37.2 Å². The molecule has 0 aliphatic carbocycles. The summed E-state index contributed by atoms with van der Waals surface area (Å²) < 4.78 is 0. The zero-order chi connectivity index (χ0) is 54.6. The van der Waals surface area contributed by atoms with Gasteiger partial charge in [0.15, 0.2) is 5.96 Å². The number of nitrogens with one attached hydrogen (secondary N) is 7. The van der Waals surface area contributed by atoms with E-state index in [4.69, 9.17) is 28.7 Å². The topological polar surface area (TPSA) is 441 Å². The van der Waals surface area contributed by atoms with Gasteiger partial charge in [0.05, 0.1) is 6.42 Å². The van der Waals surface area contributed by atoms with Crippen LogP contribution in [0.4, 0.5) is 0 Å². The molecule has 2 aromatic carbocycles. The van der Waals surface area contributed by atoms with Crippen LogP contribution in [0.2, 0.25) is 0 Å². The molecule has 0 aromatic heterocycles. The van der Waals surface area contributed by atoms with Crippen molar-refractivity contribution in [2.45, 2.75) is 140 Å². The molecule has 8 amide bonds. The molecule has 0 unspecified atom stereocenters. The molecule has 2 rings (SSSR count). The smallest absolute Gasteiger partial charge is 0.305 e. The lowest BCUT2D eigenvalue weighted by molar-refractivity contribution is -0.141. The van der Waals surface area contributed by atoms with Crippen LogP contribution in [0.1, 0.15) is 96.1 Å². The molecule has 404 valence electrons. The second-order valence-electron chi connectivity index (χ2n) is 18.0. The number of aliphatic imine (C=N–C) groups is 1. The van der Waals surface area contributed by atoms with Crippen molar-refractivity contribution < 1.29 is 58.5 Å². The highest BCUT2D eigenvalue weighted by Crippen LogP contribution is 2.16. The van der Waals surface area contributed by atoms with E-state index >= 15 is 0 Å². The van der Waals surface area contributed by atoms with Crippen LogP contribution in [-0.2, 0) is 56.0 Å². The molecule has 0 aliphatic heterocycles. The Kier molecular flexibility index (Phi) is 27.4. The lowest BCUT2D eigenvalue weighted by atomic mass is 9.99. The number of rotatable bonds is 34. The minimum Gasteiger partial charge on any atom is -0.508 e. The molecule has 0 heterocycles. The number of phenols is 2. The average molecular weight is 1030 g/mol. The number of aliphatic carboxylic acids is 1. The Morgan fingerprint density at radius 1 is 0.507 bits per heavy atom. The quantitative estimate of drug-likeness (QED) is 0.0198. The van der Waals surface area contributed by atoms with Gasteiger partial charge in [-0.2, -0.15) is 0 Å². The number of carboxylic acid groups (broad SMARTS) is 1. The van der Waals surface area contributed by atoms with Gasteiger partial charge < -0.3 is 81.2 Å². The second kappa shape index (κ2) is 32.4. The van der Waals surface area contributed by atoms with Gasteiger partial charge in [0, 0.05) is 26.3 Å². The van der Waals surface area contributed by atoms with Crippen LogP contribution < -0.4 is 65.9 Å². The molecule has 25 nitrogen and oxygen atoms in total. The van der Waals surface area contributed by atoms with Gasteiger partial charge in [0.2, 0.25) is 47.3 Å². The molecule has 0 aliphatic rings. The Morgan fingerprint density at radius 3 is 1.30 bits per heavy atom. The largest absolute Gasteiger partial charge is 0.508 e. The second-order valence-corrected chi connectivity index (χ2v) is 18.0. The number of carbonyl (C=O) groups is 9. The van der Waals surface area contributed by atoms with Crippen LogP contribution in [0.25, 0.3) is 0 Å². The van der Waals surface area contributed by atoms with Gasteiger partial charge >= 0.3 is 5.97 Å². The molecule has 0 saturated heterocycles. The summed E-state index contributed by atoms with van der Waals surface area (Å²) in [5.74, 6) is -8.89. The van der Waals surface area contributed by atoms with E-state index in [0.717, 1.165) is 0 Å². The molecule has 20 N–H and O–H groups in total. The molecule has 0 spiro atoms. The van der Waals surface area contributed by atoms with Crippen LogP contribution in [0.3, 0.4) is 0 Å². The molecule has 2 aromatic rings. The van der Waals surface area contributed by atoms with Gasteiger partial charge in [-0.15, -0.1) is 0 Å². The van der Waals surface area contributed by atoms with Crippen LogP contribution in [-0.4, -0.2) is 136 Å². The molecule has 0 bridgehead atoms. The first-order valence-electron chi connectivity index (χ1n) is 24.1. The standard InChI is InChI=1S/C48H75N13O12/c1-27(2)23-36(58-43(69)35(10-5-7-21-50)57-42(68)34(55-28(3)62)11-8-22-54-48(52)53)44(70)59-38(25-30-14-18-32(64)19-15-30)46(72)61-39(26-40(65)66)47(73)60-37(24-29-12-16-31(63)17-13-29)45(71)56-33(41(51)67)9-4-6-20-49/h12-19,27,33-39,63-64H,4-11,20-26,49-50H2,1-3H3,(H2,51,67)(H,55,62)(H,56,71)(H,57,68)(H,58,69)(H,59,70)(H,60,73)(H,61,72)(H,65,66)(H4,52,53,54)/t33-,34-,35-,36-,37-,38-,39-/m0/s1. The summed E-state index contributed by atoms with van der Waals surface area (Å²) in [7, 11) is 0. The molecule has 25 heteroatoms. The first kappa shape index (κ1) is 61.6. The predicted molar refractivity (Wildman–Crippen MR) is 269 cm³/mol. The number of hydrogen-bond acceptors (Lipinski definition) is 14. The van der Waals surface area contributed by atoms with Crippen LogP contribution in [0.15, 0.2) is 53.5 Å². The Bertz CT molecular complexity index is 2170. The molecule has 73 heavy (non-hydrogen) atoms. The highest BCUT2D eigenvalue weighted by atomic mass is 16.4. The summed E-state index contributed by atoms with van der Waals surface area (Å²) in [6, 6.07) is 1.48. The minimum absolute atomic E-state index is 0.0199. The third-order valence-electron chi connectivity index (χ3n) is 11.2. The van der Waals surface area contributed by atoms with E-state index in [-0.39, 0.29) is 75.0 Å². The Morgan fingerprint density at radius 2 is 0.877 bits per heavy atom. The van der Waals surface area contributed by atoms with E-state index in [1.165, 1.54) is 55.5 Å². The maximum atomic E-state index is 14.3. The third-order valence-corrected chi connectivity index (χ3v) is 11.2. The Hall–Kier alpha value is -7.54. The SMILES string of the molecule is CC(=O)N[C@@H](CCCN=C(N)N)C(=O)N[C@@H](CCCCN)C(=O)N[C@@H](CC(C)C)C(=O)N[C@@H](Cc1ccc(O)cc1)C(=O)N[C@@H](CC(=O)O)C(=O)N[C@@H](Cc1ccc(O)cc1)C(=O)N[C@@H](CCCCN)C(N)=O. The van der Waals surface area contributed by atoms with E-state index in [1.807, 2.05) is 0 Å². The van der Waals surface area contributed by atoms with Gasteiger partial charge in [-0.05, 0) is 112 Å². The van der Waals surface area contributed by atoms with Crippen LogP contribution >= 0.6 is 0 Å². The number of primary amides is 1. The molecule has 0 radical (unpaired) electrons. The van der Waals surface area contributed by atoms with Crippen molar-refractivity contribution in [2.24, 2.45) is 39.6 Å². The normalized spacial score (nSPS) is 13.8. The van der Waals surface area contributed by atoms with Crippen molar-refractivity contribution in [1.29, 1.82) is 0 Å². The zero-order valence-corrected chi connectivity index (χ0v) is 41.7. The predicted octanol–water partition coefficient (Wildman–Crippen LogP) is -2.39. The van der Waals surface area contributed by atoms with Gasteiger partial charge in [-0.3, -0.25) is 48.1 Å². The maximum Gasteiger partial charge on any atom is 0.305 e. The number of phenolic OH excluding ortho intramolecular Hbond substituents is 2. The van der Waals surface area contributed by atoms with Crippen LogP contribution in [0.5, 0.6) is 11.5 Å². The number of amides is 8. The number of guanidine groups is 1. The first-order valence-corrected chi connectivity index (χ1v) is 24.1. The average Bonchev–Trinajstić information content (AvgIpc) is 3.31. The third kappa shape index (κ3) is 24.4. The van der Waals surface area contributed by atoms with E-state index in [2.05, 4.69) is 42.2 Å². The number of carboxylic acids is 1. The Balaban J connectivity index is 2.51. The van der Waals surface area contributed by atoms with Gasteiger partial charge in [-0.1, -0.05) is 38.1 Å². The summed E-state index contributed by atoms with van der Waals surface area (Å²) in [5, 5.41) is 47.7. The summed E-state index contributed by atoms with van der Waals surface area (Å²) in [6.45, 7) is 5.53. The number of nitrogens with two attached hydrogens (primary N) is 5. The number of benzene rings is 2. The summed E-state index contributed by atoms with van der Waals surface area (Å²) >= 11 is 0. The number of carbonyl (C=O) groups excluding carboxylic acids is 8. The number of unbranched alkanes of at least 4 members (excludes halogenated alkanes) is 2. The molecule has 0 fully saturated rings. The van der Waals surface area contributed by atoms with E-state index < -0.39 is 102 Å². The highest BCUT2D eigenvalue weighted by Gasteiger charge is 2.35. The summed E-state index contributed by atoms with van der Waals surface area (Å²) in [5.41, 5.74) is 28.5. The van der Waals surface area contributed by atoms with Crippen molar-refractivity contribution in [3.8, 4) is 11.5 Å². The summed E-state index contributed by atoms with van der Waals surface area (Å²) in [4.78, 5) is 125. The van der Waals surface area contributed by atoms with Crippen LogP contribution in [0, 0.1) is 5.92 Å². The fourth-order valence-corrected chi connectivity index (χ4v) is 7.43. The Labute approximate surface area is 424 Å². The van der Waals surface area contributed by atoms with E-state index in [1.54, 1.807) is 13.8 Å². The van der Waals surface area contributed by atoms with Crippen molar-refractivity contribution in [3.63, 3.8) is 0 Å². The van der Waals surface area contributed by atoms with E-state index in [9.17, 15) is 58.5 Å².